The molecule has 0 aromatic heterocycles. The summed E-state index contributed by atoms with van der Waals surface area (Å²) in [6, 6.07) is 7.98. The number of nitrogens with one attached hydrogen (secondary N) is 2. The van der Waals surface area contributed by atoms with Crippen molar-refractivity contribution in [2.45, 2.75) is 77.5 Å². The fourth-order valence-electron chi connectivity index (χ4n) is 5.22. The van der Waals surface area contributed by atoms with Gasteiger partial charge in [-0.25, -0.2) is 14.4 Å². The summed E-state index contributed by atoms with van der Waals surface area (Å²) in [5.41, 5.74) is 0.265. The van der Waals surface area contributed by atoms with Crippen LogP contribution in [0.1, 0.15) is 64.9 Å². The van der Waals surface area contributed by atoms with E-state index in [1.54, 1.807) is 21.9 Å². The predicted octanol–water partition coefficient (Wildman–Crippen LogP) is 3.24. The molecule has 12 nitrogen and oxygen atoms in total. The molecule has 0 saturated carbocycles. The average Bonchev–Trinajstić information content (AvgIpc) is 3.00. The first kappa shape index (κ1) is 33.7. The molecule has 2 aliphatic heterocycles. The maximum atomic E-state index is 13.0. The standard InChI is InChI=1S/C31H46N4O8/c1-31(2,3)43-30(40)34-17-14-22(15-18-34)12-13-26(36)35-16-8-11-24(20-35)27(37)32-19-25(28(38)41-4)33-29(39)42-21-23-9-6-5-7-10-23/h5-7,9-10,22,24-25H,8,11-21H2,1-4H3,(H,32,37)(H,33,39)/t24-,25?/m0/s1. The molecule has 2 heterocycles. The Labute approximate surface area is 253 Å². The lowest BCUT2D eigenvalue weighted by Gasteiger charge is -2.34. The summed E-state index contributed by atoms with van der Waals surface area (Å²) in [6.45, 7) is 7.54. The van der Waals surface area contributed by atoms with Crippen molar-refractivity contribution in [1.29, 1.82) is 0 Å². The van der Waals surface area contributed by atoms with Gasteiger partial charge in [0.2, 0.25) is 11.8 Å². The highest BCUT2D eigenvalue weighted by Crippen LogP contribution is 2.25. The van der Waals surface area contributed by atoms with E-state index in [1.165, 1.54) is 7.11 Å². The zero-order valence-electron chi connectivity index (χ0n) is 25.8. The number of nitrogens with zero attached hydrogens (tertiary/aromatic N) is 2. The minimum atomic E-state index is -1.12. The van der Waals surface area contributed by atoms with Crippen LogP contribution < -0.4 is 10.6 Å². The third-order valence-corrected chi connectivity index (χ3v) is 7.65. The molecule has 2 fully saturated rings. The minimum absolute atomic E-state index is 0.0161. The van der Waals surface area contributed by atoms with Crippen molar-refractivity contribution in [3.8, 4) is 0 Å². The molecule has 238 valence electrons. The highest BCUT2D eigenvalue weighted by atomic mass is 16.6. The fraction of sp³-hybridized carbons (Fsp3) is 0.645. The summed E-state index contributed by atoms with van der Waals surface area (Å²) in [7, 11) is 1.20. The van der Waals surface area contributed by atoms with Crippen LogP contribution in [0.5, 0.6) is 0 Å². The average molecular weight is 603 g/mol. The van der Waals surface area contributed by atoms with E-state index < -0.39 is 29.6 Å². The topological polar surface area (TPSA) is 144 Å². The Hall–Kier alpha value is -3.83. The van der Waals surface area contributed by atoms with E-state index in [0.717, 1.165) is 24.8 Å². The quantitative estimate of drug-likeness (QED) is 0.307. The Morgan fingerprint density at radius 2 is 1.67 bits per heavy atom. The molecule has 2 N–H and O–H groups in total. The normalized spacial score (nSPS) is 18.3. The largest absolute Gasteiger partial charge is 0.467 e. The molecule has 0 bridgehead atoms. The van der Waals surface area contributed by atoms with Crippen LogP contribution in [-0.4, -0.2) is 91.2 Å². The van der Waals surface area contributed by atoms with E-state index in [9.17, 15) is 24.0 Å². The SMILES string of the molecule is COC(=O)C(CNC(=O)[C@H]1CCCN(C(=O)CCC2CCN(C(=O)OC(C)(C)C)CC2)C1)NC(=O)OCc1ccccc1. The third kappa shape index (κ3) is 11.4. The number of ether oxygens (including phenoxy) is 3. The van der Waals surface area contributed by atoms with Crippen LogP contribution in [0.2, 0.25) is 0 Å². The van der Waals surface area contributed by atoms with Crippen molar-refractivity contribution in [1.82, 2.24) is 20.4 Å². The number of hydrogen-bond acceptors (Lipinski definition) is 8. The second-order valence-electron chi connectivity index (χ2n) is 12.2. The second kappa shape index (κ2) is 16.1. The van der Waals surface area contributed by atoms with Crippen LogP contribution >= 0.6 is 0 Å². The molecule has 1 unspecified atom stereocenters. The lowest BCUT2D eigenvalue weighted by atomic mass is 9.91. The van der Waals surface area contributed by atoms with Gasteiger partial charge in [0.1, 0.15) is 18.2 Å². The molecule has 2 saturated heterocycles. The lowest BCUT2D eigenvalue weighted by molar-refractivity contribution is -0.143. The van der Waals surface area contributed by atoms with Crippen LogP contribution in [0.25, 0.3) is 0 Å². The highest BCUT2D eigenvalue weighted by molar-refractivity contribution is 5.84. The van der Waals surface area contributed by atoms with Gasteiger partial charge in [0.25, 0.3) is 0 Å². The Kier molecular flexibility index (Phi) is 12.6. The molecule has 43 heavy (non-hydrogen) atoms. The van der Waals surface area contributed by atoms with Gasteiger partial charge in [0, 0.05) is 39.1 Å². The fourth-order valence-corrected chi connectivity index (χ4v) is 5.22. The van der Waals surface area contributed by atoms with Crippen LogP contribution in [0.4, 0.5) is 9.59 Å². The van der Waals surface area contributed by atoms with Crippen LogP contribution in [0, 0.1) is 11.8 Å². The lowest BCUT2D eigenvalue weighted by Crippen LogP contribution is -2.51. The van der Waals surface area contributed by atoms with Gasteiger partial charge in [-0.3, -0.25) is 9.59 Å². The van der Waals surface area contributed by atoms with Gasteiger partial charge in [-0.2, -0.15) is 0 Å². The van der Waals surface area contributed by atoms with Crippen LogP contribution in [-0.2, 0) is 35.2 Å². The molecule has 1 aromatic rings. The number of carbonyl (C=O) groups is 5. The molecule has 4 amide bonds. The number of alkyl carbamates (subject to hydrolysis) is 1. The number of hydrogen-bond donors (Lipinski definition) is 2. The van der Waals surface area contributed by atoms with E-state index in [2.05, 4.69) is 10.6 Å². The number of amides is 4. The highest BCUT2D eigenvalue weighted by Gasteiger charge is 2.31. The van der Waals surface area contributed by atoms with E-state index in [1.807, 2.05) is 39.0 Å². The van der Waals surface area contributed by atoms with E-state index in [4.69, 9.17) is 14.2 Å². The van der Waals surface area contributed by atoms with Gasteiger partial charge in [-0.1, -0.05) is 30.3 Å². The predicted molar refractivity (Wildman–Crippen MR) is 158 cm³/mol. The van der Waals surface area contributed by atoms with Crippen molar-refractivity contribution < 1.29 is 38.2 Å². The first-order valence-corrected chi connectivity index (χ1v) is 15.0. The summed E-state index contributed by atoms with van der Waals surface area (Å²) < 4.78 is 15.4. The molecule has 1 aromatic carbocycles. The van der Waals surface area contributed by atoms with Crippen molar-refractivity contribution in [2.75, 3.05) is 39.8 Å². The third-order valence-electron chi connectivity index (χ3n) is 7.65. The van der Waals surface area contributed by atoms with E-state index in [-0.39, 0.29) is 31.1 Å². The molecule has 0 aliphatic carbocycles. The number of esters is 1. The zero-order chi connectivity index (χ0) is 31.4. The number of methoxy groups -OCH3 is 1. The summed E-state index contributed by atoms with van der Waals surface area (Å²) in [5.74, 6) is -1.05. The van der Waals surface area contributed by atoms with Crippen molar-refractivity contribution in [3.05, 3.63) is 35.9 Å². The Bertz CT molecular complexity index is 1100. The van der Waals surface area contributed by atoms with E-state index >= 15 is 0 Å². The van der Waals surface area contributed by atoms with Gasteiger partial charge in [-0.15, -0.1) is 0 Å². The second-order valence-corrected chi connectivity index (χ2v) is 12.2. The monoisotopic (exact) mass is 602 g/mol. The maximum Gasteiger partial charge on any atom is 0.410 e. The van der Waals surface area contributed by atoms with Gasteiger partial charge in [0.15, 0.2) is 0 Å². The number of likely N-dealkylation sites (tertiary alicyclic amines) is 2. The summed E-state index contributed by atoms with van der Waals surface area (Å²) in [6.07, 6.45) is 3.00. The van der Waals surface area contributed by atoms with E-state index in [0.29, 0.717) is 51.4 Å². The van der Waals surface area contributed by atoms with Gasteiger partial charge < -0.3 is 34.6 Å². The molecular formula is C31H46N4O8. The molecule has 0 spiro atoms. The van der Waals surface area contributed by atoms with Gasteiger partial charge in [0.05, 0.1) is 13.0 Å². The summed E-state index contributed by atoms with van der Waals surface area (Å²) in [4.78, 5) is 66.2. The molecular weight excluding hydrogens is 556 g/mol. The molecule has 12 heteroatoms. The Morgan fingerprint density at radius 3 is 2.33 bits per heavy atom. The maximum absolute atomic E-state index is 13.0. The Morgan fingerprint density at radius 1 is 0.977 bits per heavy atom. The van der Waals surface area contributed by atoms with Crippen LogP contribution in [0.15, 0.2) is 30.3 Å². The molecule has 2 aliphatic rings. The van der Waals surface area contributed by atoms with Crippen molar-refractivity contribution >= 4 is 30.0 Å². The number of piperidine rings is 2. The molecule has 3 rings (SSSR count). The van der Waals surface area contributed by atoms with Gasteiger partial charge in [-0.05, 0) is 64.4 Å². The smallest absolute Gasteiger partial charge is 0.410 e. The minimum Gasteiger partial charge on any atom is -0.467 e. The Balaban J connectivity index is 1.40. The molecule has 0 radical (unpaired) electrons. The number of carbonyl (C=O) groups excluding carboxylic acids is 5. The van der Waals surface area contributed by atoms with Crippen molar-refractivity contribution in [3.63, 3.8) is 0 Å². The first-order chi connectivity index (χ1) is 20.4. The van der Waals surface area contributed by atoms with Crippen LogP contribution in [0.3, 0.4) is 0 Å². The number of benzene rings is 1. The van der Waals surface area contributed by atoms with Crippen molar-refractivity contribution in [2.24, 2.45) is 11.8 Å². The molecule has 2 atom stereocenters. The summed E-state index contributed by atoms with van der Waals surface area (Å²) in [5, 5.41) is 5.17. The zero-order valence-corrected chi connectivity index (χ0v) is 25.8. The first-order valence-electron chi connectivity index (χ1n) is 15.0. The van der Waals surface area contributed by atoms with Gasteiger partial charge >= 0.3 is 18.2 Å². The number of rotatable bonds is 10. The summed E-state index contributed by atoms with van der Waals surface area (Å²) >= 11 is 0.